The molecule has 0 saturated heterocycles. The van der Waals surface area contributed by atoms with E-state index in [1.807, 2.05) is 6.07 Å². The van der Waals surface area contributed by atoms with Gasteiger partial charge in [-0.15, -0.1) is 0 Å². The molecule has 0 atom stereocenters. The molecule has 0 aliphatic rings. The molecule has 0 amide bonds. The van der Waals surface area contributed by atoms with Crippen LogP contribution in [0.2, 0.25) is 0 Å². The number of aromatic nitrogens is 2. The Morgan fingerprint density at radius 3 is 2.88 bits per heavy atom. The zero-order valence-corrected chi connectivity index (χ0v) is 4.47. The van der Waals surface area contributed by atoms with Crippen molar-refractivity contribution in [2.45, 2.75) is 6.92 Å². The summed E-state index contributed by atoms with van der Waals surface area (Å²) in [6.45, 7) is 1.79. The molecule has 0 unspecified atom stereocenters. The first-order chi connectivity index (χ1) is 3.84. The van der Waals surface area contributed by atoms with E-state index >= 15 is 0 Å². The van der Waals surface area contributed by atoms with Crippen LogP contribution in [0.3, 0.4) is 0 Å². The van der Waals surface area contributed by atoms with Crippen LogP contribution >= 0.6 is 0 Å². The molecule has 0 aliphatic carbocycles. The van der Waals surface area contributed by atoms with Gasteiger partial charge in [-0.1, -0.05) is 0 Å². The van der Waals surface area contributed by atoms with Gasteiger partial charge >= 0.3 is 0 Å². The molecule has 0 aromatic carbocycles. The number of nitriles is 1. The summed E-state index contributed by atoms with van der Waals surface area (Å²) in [6, 6.07) is 1.96. The van der Waals surface area contributed by atoms with Crippen molar-refractivity contribution < 1.29 is 0 Å². The summed E-state index contributed by atoms with van der Waals surface area (Å²) in [5.41, 5.74) is 1.30. The number of nitrogens with zero attached hydrogens (tertiary/aromatic N) is 2. The smallest absolute Gasteiger partial charge is 0.140 e. The first kappa shape index (κ1) is 4.85. The van der Waals surface area contributed by atoms with E-state index in [4.69, 9.17) is 5.26 Å². The number of H-pyrrole nitrogens is 1. The molecule has 0 aliphatic heterocycles. The summed E-state index contributed by atoms with van der Waals surface area (Å²) >= 11 is 0. The van der Waals surface area contributed by atoms with Gasteiger partial charge in [-0.2, -0.15) is 5.26 Å². The molecule has 1 aromatic heterocycles. The number of aryl methyl sites for hydroxylation is 1. The van der Waals surface area contributed by atoms with Crippen LogP contribution in [-0.2, 0) is 0 Å². The van der Waals surface area contributed by atoms with Gasteiger partial charge in [0.15, 0.2) is 0 Å². The maximum Gasteiger partial charge on any atom is 0.140 e. The van der Waals surface area contributed by atoms with Crippen molar-refractivity contribution in [3.63, 3.8) is 0 Å². The third kappa shape index (κ3) is 0.562. The summed E-state index contributed by atoms with van der Waals surface area (Å²) in [7, 11) is 0. The van der Waals surface area contributed by atoms with Crippen LogP contribution in [0, 0.1) is 18.3 Å². The van der Waals surface area contributed by atoms with E-state index in [0.717, 1.165) is 5.69 Å². The Balaban J connectivity index is 3.15. The van der Waals surface area contributed by atoms with E-state index in [9.17, 15) is 0 Å². The van der Waals surface area contributed by atoms with E-state index in [-0.39, 0.29) is 0 Å². The molecule has 0 spiro atoms. The molecule has 1 heterocycles. The fourth-order valence-electron chi connectivity index (χ4n) is 0.476. The molecule has 3 nitrogen and oxygen atoms in total. The minimum Gasteiger partial charge on any atom is -0.336 e. The highest BCUT2D eigenvalue weighted by atomic mass is 14.9. The van der Waals surface area contributed by atoms with Gasteiger partial charge in [-0.3, -0.25) is 0 Å². The van der Waals surface area contributed by atoms with Crippen LogP contribution in [0.4, 0.5) is 0 Å². The first-order valence-corrected chi connectivity index (χ1v) is 2.24. The minimum atomic E-state index is 0.546. The Morgan fingerprint density at radius 2 is 2.62 bits per heavy atom. The molecular weight excluding hydrogens is 102 g/mol. The Bertz CT molecular complexity index is 218. The Hall–Kier alpha value is -1.30. The van der Waals surface area contributed by atoms with Crippen LogP contribution in [-0.4, -0.2) is 9.97 Å². The maximum absolute atomic E-state index is 8.29. The van der Waals surface area contributed by atoms with Gasteiger partial charge in [0.1, 0.15) is 11.8 Å². The summed E-state index contributed by atoms with van der Waals surface area (Å²) < 4.78 is 0. The van der Waals surface area contributed by atoms with E-state index in [1.165, 1.54) is 6.33 Å². The Morgan fingerprint density at radius 1 is 1.88 bits per heavy atom. The lowest BCUT2D eigenvalue weighted by Gasteiger charge is -1.75. The average molecular weight is 107 g/mol. The van der Waals surface area contributed by atoms with Crippen molar-refractivity contribution in [3.8, 4) is 6.07 Å². The lowest BCUT2D eigenvalue weighted by molar-refractivity contribution is 1.25. The van der Waals surface area contributed by atoms with Gasteiger partial charge in [0.2, 0.25) is 0 Å². The lowest BCUT2D eigenvalue weighted by atomic mass is 10.4. The standard InChI is InChI=1S/C5H5N3/c1-4-5(2-6)8-3-7-4/h3H,1H3,(H,7,8). The fraction of sp³-hybridized carbons (Fsp3) is 0.200. The third-order valence-corrected chi connectivity index (χ3v) is 0.941. The highest BCUT2D eigenvalue weighted by Gasteiger charge is 1.93. The topological polar surface area (TPSA) is 52.5 Å². The molecule has 8 heavy (non-hydrogen) atoms. The molecular formula is C5H5N3. The molecule has 1 N–H and O–H groups in total. The largest absolute Gasteiger partial charge is 0.336 e. The van der Waals surface area contributed by atoms with Crippen molar-refractivity contribution in [1.82, 2.24) is 9.97 Å². The Labute approximate surface area is 47.0 Å². The zero-order valence-electron chi connectivity index (χ0n) is 4.47. The van der Waals surface area contributed by atoms with Gasteiger partial charge in [-0.25, -0.2) is 4.98 Å². The van der Waals surface area contributed by atoms with Gasteiger partial charge in [0.25, 0.3) is 0 Å². The number of aromatic amines is 1. The van der Waals surface area contributed by atoms with Crippen molar-refractivity contribution >= 4 is 0 Å². The second-order valence-electron chi connectivity index (χ2n) is 1.47. The first-order valence-electron chi connectivity index (χ1n) is 2.24. The van der Waals surface area contributed by atoms with Crippen LogP contribution in [0.5, 0.6) is 0 Å². The highest BCUT2D eigenvalue weighted by molar-refractivity contribution is 5.23. The van der Waals surface area contributed by atoms with Gasteiger partial charge < -0.3 is 4.98 Å². The van der Waals surface area contributed by atoms with E-state index < -0.39 is 0 Å². The molecule has 0 radical (unpaired) electrons. The molecule has 40 valence electrons. The molecule has 1 aromatic rings. The van der Waals surface area contributed by atoms with Gasteiger partial charge in [0, 0.05) is 0 Å². The zero-order chi connectivity index (χ0) is 5.98. The van der Waals surface area contributed by atoms with E-state index in [2.05, 4.69) is 9.97 Å². The predicted octanol–water partition coefficient (Wildman–Crippen LogP) is 0.590. The highest BCUT2D eigenvalue weighted by Crippen LogP contribution is 1.95. The number of rotatable bonds is 0. The summed E-state index contributed by atoms with van der Waals surface area (Å²) in [5.74, 6) is 0. The summed E-state index contributed by atoms with van der Waals surface area (Å²) in [5, 5.41) is 8.29. The Kier molecular flexibility index (Phi) is 1.01. The molecule has 0 saturated carbocycles. The van der Waals surface area contributed by atoms with Crippen molar-refractivity contribution in [3.05, 3.63) is 17.7 Å². The third-order valence-electron chi connectivity index (χ3n) is 0.941. The monoisotopic (exact) mass is 107 g/mol. The van der Waals surface area contributed by atoms with Crippen LogP contribution in [0.25, 0.3) is 0 Å². The summed E-state index contributed by atoms with van der Waals surface area (Å²) in [4.78, 5) is 6.49. The number of hydrogen-bond acceptors (Lipinski definition) is 2. The van der Waals surface area contributed by atoms with E-state index in [0.29, 0.717) is 5.69 Å². The molecule has 3 heteroatoms. The number of hydrogen-bond donors (Lipinski definition) is 1. The van der Waals surface area contributed by atoms with Crippen molar-refractivity contribution in [1.29, 1.82) is 5.26 Å². The summed E-state index contributed by atoms with van der Waals surface area (Å²) in [6.07, 6.45) is 1.51. The number of imidazole rings is 1. The van der Waals surface area contributed by atoms with Gasteiger partial charge in [-0.05, 0) is 6.92 Å². The minimum absolute atomic E-state index is 0.546. The van der Waals surface area contributed by atoms with Crippen molar-refractivity contribution in [2.75, 3.05) is 0 Å². The normalized spacial score (nSPS) is 8.50. The van der Waals surface area contributed by atoms with Crippen molar-refractivity contribution in [2.24, 2.45) is 0 Å². The fourth-order valence-corrected chi connectivity index (χ4v) is 0.476. The van der Waals surface area contributed by atoms with Crippen LogP contribution in [0.1, 0.15) is 11.4 Å². The molecule has 0 bridgehead atoms. The van der Waals surface area contributed by atoms with Crippen LogP contribution < -0.4 is 0 Å². The second-order valence-corrected chi connectivity index (χ2v) is 1.47. The predicted molar refractivity (Wildman–Crippen MR) is 28.0 cm³/mol. The average Bonchev–Trinajstić information content (AvgIpc) is 2.14. The quantitative estimate of drug-likeness (QED) is 0.527. The number of nitrogens with one attached hydrogen (secondary N) is 1. The molecule has 0 fully saturated rings. The molecule has 1 rings (SSSR count). The second kappa shape index (κ2) is 1.66. The van der Waals surface area contributed by atoms with Gasteiger partial charge in [0.05, 0.1) is 12.0 Å². The van der Waals surface area contributed by atoms with E-state index in [1.54, 1.807) is 6.92 Å². The SMILES string of the molecule is Cc1nc[nH]c1C#N. The maximum atomic E-state index is 8.29. The van der Waals surface area contributed by atoms with Crippen LogP contribution in [0.15, 0.2) is 6.33 Å². The lowest BCUT2D eigenvalue weighted by Crippen LogP contribution is -1.74.